The highest BCUT2D eigenvalue weighted by Gasteiger charge is 2.14. The molecule has 2 N–H and O–H groups in total. The Labute approximate surface area is 104 Å². The molecule has 0 saturated carbocycles. The van der Waals surface area contributed by atoms with Crippen LogP contribution in [0.1, 0.15) is 18.4 Å². The van der Waals surface area contributed by atoms with Crippen LogP contribution in [0.5, 0.6) is 0 Å². The molecule has 16 heavy (non-hydrogen) atoms. The molecule has 0 saturated heterocycles. The Morgan fingerprint density at radius 1 is 1.44 bits per heavy atom. The predicted octanol–water partition coefficient (Wildman–Crippen LogP) is 2.21. The van der Waals surface area contributed by atoms with Gasteiger partial charge in [-0.25, -0.2) is 0 Å². The smallest absolute Gasteiger partial charge is 0.245 e. The minimum Gasteiger partial charge on any atom is -0.387 e. The first-order valence-corrected chi connectivity index (χ1v) is 5.63. The molecule has 5 heteroatoms. The lowest BCUT2D eigenvalue weighted by atomic mass is 10.0. The Morgan fingerprint density at radius 2 is 2.00 bits per heavy atom. The number of hydrogen-bond acceptors (Lipinski definition) is 2. The van der Waals surface area contributed by atoms with E-state index in [2.05, 4.69) is 5.32 Å². The van der Waals surface area contributed by atoms with Gasteiger partial charge in [0.05, 0.1) is 0 Å². The van der Waals surface area contributed by atoms with Crippen LogP contribution in [0.3, 0.4) is 0 Å². The van der Waals surface area contributed by atoms with Gasteiger partial charge in [0.15, 0.2) is 0 Å². The summed E-state index contributed by atoms with van der Waals surface area (Å²) in [5.74, 6) is -0.410. The molecule has 0 aliphatic carbocycles. The van der Waals surface area contributed by atoms with Gasteiger partial charge >= 0.3 is 0 Å². The summed E-state index contributed by atoms with van der Waals surface area (Å²) in [7, 11) is 0. The minimum absolute atomic E-state index is 0.00306. The lowest BCUT2D eigenvalue weighted by Crippen LogP contribution is -2.29. The molecule has 1 aromatic rings. The molecule has 0 bridgehead atoms. The molecule has 0 fully saturated rings. The number of carbonyl (C=O) groups excluding carboxylic acids is 1. The van der Waals surface area contributed by atoms with Crippen molar-refractivity contribution in [1.29, 1.82) is 0 Å². The largest absolute Gasteiger partial charge is 0.387 e. The maximum atomic E-state index is 10.9. The monoisotopic (exact) mass is 261 g/mol. The fourth-order valence-electron chi connectivity index (χ4n) is 1.41. The van der Waals surface area contributed by atoms with E-state index in [4.69, 9.17) is 28.3 Å². The molecule has 1 rings (SSSR count). The number of carbonyl (C=O) groups is 1. The second kappa shape index (κ2) is 6.09. The minimum atomic E-state index is -0.511. The molecule has 0 radical (unpaired) electrons. The number of rotatable bonds is 4. The number of aliphatic hydroxyl groups excluding tert-OH is 1. The van der Waals surface area contributed by atoms with Gasteiger partial charge in [-0.2, -0.15) is 0 Å². The Morgan fingerprint density at radius 3 is 2.50 bits per heavy atom. The van der Waals surface area contributed by atoms with E-state index in [1.54, 1.807) is 18.2 Å². The normalized spacial score (nSPS) is 12.2. The van der Waals surface area contributed by atoms with E-state index >= 15 is 0 Å². The fourth-order valence-corrected chi connectivity index (χ4v) is 2.18. The van der Waals surface area contributed by atoms with Crippen LogP contribution in [-0.4, -0.2) is 24.2 Å². The highest BCUT2D eigenvalue weighted by molar-refractivity contribution is 6.36. The van der Waals surface area contributed by atoms with Crippen LogP contribution in [0.15, 0.2) is 18.2 Å². The molecule has 0 heterocycles. The first-order valence-electron chi connectivity index (χ1n) is 4.87. The first-order chi connectivity index (χ1) is 7.56. The highest BCUT2D eigenvalue weighted by Crippen LogP contribution is 2.30. The van der Waals surface area contributed by atoms with E-state index in [0.29, 0.717) is 16.6 Å². The molecule has 1 unspecified atom stereocenters. The van der Waals surface area contributed by atoms with Crippen molar-refractivity contribution < 1.29 is 9.90 Å². The van der Waals surface area contributed by atoms with Gasteiger partial charge in [-0.05, 0) is 17.7 Å². The van der Waals surface area contributed by atoms with Crippen LogP contribution in [0, 0.1) is 0 Å². The number of benzene rings is 1. The Balaban J connectivity index is 2.73. The molecule has 0 aliphatic heterocycles. The third-order valence-corrected chi connectivity index (χ3v) is 2.90. The van der Waals surface area contributed by atoms with Crippen LogP contribution in [-0.2, 0) is 4.79 Å². The lowest BCUT2D eigenvalue weighted by Gasteiger charge is -2.15. The highest BCUT2D eigenvalue weighted by atomic mass is 35.5. The molecular formula is C11H13Cl2NO2. The second-order valence-electron chi connectivity index (χ2n) is 3.50. The third-order valence-electron chi connectivity index (χ3n) is 2.24. The van der Waals surface area contributed by atoms with E-state index in [0.717, 1.165) is 5.56 Å². The van der Waals surface area contributed by atoms with E-state index in [9.17, 15) is 4.79 Å². The molecular weight excluding hydrogens is 249 g/mol. The van der Waals surface area contributed by atoms with E-state index in [1.165, 1.54) is 0 Å². The van der Waals surface area contributed by atoms with Gasteiger partial charge in [0.2, 0.25) is 5.91 Å². The Hall–Kier alpha value is -0.770. The van der Waals surface area contributed by atoms with Crippen molar-refractivity contribution in [3.05, 3.63) is 33.8 Å². The molecule has 3 nitrogen and oxygen atoms in total. The van der Waals surface area contributed by atoms with Crippen molar-refractivity contribution in [3.8, 4) is 0 Å². The topological polar surface area (TPSA) is 49.3 Å². The Bertz CT molecular complexity index is 362. The third kappa shape index (κ3) is 3.37. The zero-order chi connectivity index (χ0) is 12.1. The maximum absolute atomic E-state index is 10.9. The average Bonchev–Trinajstić information content (AvgIpc) is 2.25. The van der Waals surface area contributed by atoms with Crippen LogP contribution >= 0.6 is 23.2 Å². The molecule has 0 aliphatic rings. The zero-order valence-corrected chi connectivity index (χ0v) is 10.3. The van der Waals surface area contributed by atoms with Gasteiger partial charge in [0, 0.05) is 22.5 Å². The van der Waals surface area contributed by atoms with Gasteiger partial charge in [-0.1, -0.05) is 36.2 Å². The number of aliphatic hydroxyl groups is 1. The molecule has 1 amide bonds. The summed E-state index contributed by atoms with van der Waals surface area (Å²) in [6, 6.07) is 5.29. The molecule has 1 atom stereocenters. The van der Waals surface area contributed by atoms with Gasteiger partial charge in [-0.3, -0.25) is 4.79 Å². The maximum Gasteiger partial charge on any atom is 0.245 e. The predicted molar refractivity (Wildman–Crippen MR) is 65.0 cm³/mol. The van der Waals surface area contributed by atoms with Crippen molar-refractivity contribution in [1.82, 2.24) is 5.32 Å². The van der Waals surface area contributed by atoms with Crippen LogP contribution in [0.2, 0.25) is 10.0 Å². The number of hydrogen-bond donors (Lipinski definition) is 2. The number of halogens is 2. The van der Waals surface area contributed by atoms with Gasteiger partial charge < -0.3 is 10.4 Å². The molecule has 0 spiro atoms. The fraction of sp³-hybridized carbons (Fsp3) is 0.364. The van der Waals surface area contributed by atoms with E-state index < -0.39 is 12.5 Å². The number of nitrogens with one attached hydrogen (secondary N) is 1. The summed E-state index contributed by atoms with van der Waals surface area (Å²) in [5.41, 5.74) is 0.809. The summed E-state index contributed by atoms with van der Waals surface area (Å²) in [6.45, 7) is 1.79. The van der Waals surface area contributed by atoms with Gasteiger partial charge in [-0.15, -0.1) is 0 Å². The van der Waals surface area contributed by atoms with Crippen LogP contribution in [0.25, 0.3) is 0 Å². The molecule has 88 valence electrons. The summed E-state index contributed by atoms with van der Waals surface area (Å²) in [5, 5.41) is 12.3. The first kappa shape index (κ1) is 13.3. The van der Waals surface area contributed by atoms with Crippen molar-refractivity contribution >= 4 is 29.1 Å². The van der Waals surface area contributed by atoms with Gasteiger partial charge in [0.1, 0.15) is 6.61 Å². The molecule has 1 aromatic carbocycles. The average molecular weight is 262 g/mol. The lowest BCUT2D eigenvalue weighted by molar-refractivity contribution is -0.123. The van der Waals surface area contributed by atoms with E-state index in [1.807, 2.05) is 6.92 Å². The summed E-state index contributed by atoms with van der Waals surface area (Å²) < 4.78 is 0. The Kier molecular flexibility index (Phi) is 5.06. The standard InChI is InChI=1S/C11H13Cl2NO2/c1-7(5-14-10(16)6-15)11-8(12)3-2-4-9(11)13/h2-4,7,15H,5-6H2,1H3,(H,14,16). The van der Waals surface area contributed by atoms with Crippen LogP contribution in [0.4, 0.5) is 0 Å². The van der Waals surface area contributed by atoms with E-state index in [-0.39, 0.29) is 5.92 Å². The van der Waals surface area contributed by atoms with Crippen molar-refractivity contribution in [2.75, 3.05) is 13.2 Å². The summed E-state index contributed by atoms with van der Waals surface area (Å²) in [4.78, 5) is 10.9. The van der Waals surface area contributed by atoms with Crippen molar-refractivity contribution in [3.63, 3.8) is 0 Å². The van der Waals surface area contributed by atoms with Gasteiger partial charge in [0.25, 0.3) is 0 Å². The molecule has 0 aromatic heterocycles. The second-order valence-corrected chi connectivity index (χ2v) is 4.31. The SMILES string of the molecule is CC(CNC(=O)CO)c1c(Cl)cccc1Cl. The van der Waals surface area contributed by atoms with Crippen LogP contribution < -0.4 is 5.32 Å². The van der Waals surface area contributed by atoms with Crippen molar-refractivity contribution in [2.24, 2.45) is 0 Å². The summed E-state index contributed by atoms with van der Waals surface area (Å²) in [6.07, 6.45) is 0. The summed E-state index contributed by atoms with van der Waals surface area (Å²) >= 11 is 12.1. The number of amides is 1. The quantitative estimate of drug-likeness (QED) is 0.873. The zero-order valence-electron chi connectivity index (χ0n) is 8.84. The van der Waals surface area contributed by atoms with Crippen molar-refractivity contribution in [2.45, 2.75) is 12.8 Å².